The SMILES string of the molecule is [B]c1c([B])c([B])c(-c2nc(-c3ccc4oc5cc(-c6ccc(-c7ccc(-c8ccccc8)cc7)cc6)ccc5c4c3)nc(-c3c([B])c([B])c([B])c([B])c3[B])n2)c([B])c1[B]. The molecule has 0 unspecified atom stereocenters. The summed E-state index contributed by atoms with van der Waals surface area (Å²) in [5.74, 6) is 0.236. The Balaban J connectivity index is 1.11. The lowest BCUT2D eigenvalue weighted by Gasteiger charge is -2.22. The third-order valence-electron chi connectivity index (χ3n) is 10.8. The number of benzene rings is 7. The molecular weight excluding hydrogens is 707 g/mol. The third-order valence-corrected chi connectivity index (χ3v) is 10.8. The molecule has 9 aromatic rings. The van der Waals surface area contributed by atoms with E-state index in [4.69, 9.17) is 92.8 Å². The van der Waals surface area contributed by atoms with Crippen molar-refractivity contribution in [3.63, 3.8) is 0 Å². The molecule has 0 aliphatic carbocycles. The maximum absolute atomic E-state index is 6.47. The molecule has 2 heterocycles. The van der Waals surface area contributed by atoms with Gasteiger partial charge in [-0.25, -0.2) is 15.0 Å². The van der Waals surface area contributed by atoms with Crippen molar-refractivity contribution in [1.29, 1.82) is 0 Å². The van der Waals surface area contributed by atoms with Crippen molar-refractivity contribution in [3.8, 4) is 67.5 Å². The largest absolute Gasteiger partial charge is 0.456 e. The van der Waals surface area contributed by atoms with E-state index in [1.807, 2.05) is 48.5 Å². The van der Waals surface area contributed by atoms with E-state index >= 15 is 0 Å². The molecule has 0 amide bonds. The van der Waals surface area contributed by atoms with Crippen LogP contribution in [0, 0.1) is 0 Å². The molecule has 20 radical (unpaired) electrons. The van der Waals surface area contributed by atoms with Crippen LogP contribution in [-0.2, 0) is 0 Å². The van der Waals surface area contributed by atoms with E-state index in [1.165, 1.54) is 11.1 Å². The van der Waals surface area contributed by atoms with Crippen molar-refractivity contribution in [2.45, 2.75) is 0 Å². The zero-order valence-corrected chi connectivity index (χ0v) is 31.5. The van der Waals surface area contributed by atoms with Gasteiger partial charge in [0.2, 0.25) is 0 Å². The smallest absolute Gasteiger partial charge is 0.164 e. The van der Waals surface area contributed by atoms with Crippen molar-refractivity contribution < 1.29 is 4.42 Å². The molecule has 0 atom stereocenters. The second-order valence-electron chi connectivity index (χ2n) is 14.2. The van der Waals surface area contributed by atoms with Gasteiger partial charge in [0, 0.05) is 27.5 Å². The highest BCUT2D eigenvalue weighted by molar-refractivity contribution is 6.69. The standard InChI is InChI=1S/C45H19B10N3O/c46-33-31(34(47)38(51)41(54)37(33)50)44-56-43(57-45(58-44)32-35(48)39(52)42(55)40(53)36(32)49)26-15-17-29-28(18-26)27-16-14-25(19-30(27)59-29)24-12-10-23(11-13-24)22-8-6-21(7-9-22)20-4-2-1-3-5-20/h1-19H. The van der Waals surface area contributed by atoms with Crippen LogP contribution < -0.4 is 54.6 Å². The van der Waals surface area contributed by atoms with Gasteiger partial charge in [0.05, 0.1) is 0 Å². The second kappa shape index (κ2) is 15.0. The van der Waals surface area contributed by atoms with Gasteiger partial charge in [-0.2, -0.15) is 0 Å². The molecule has 0 saturated heterocycles. The summed E-state index contributed by atoms with van der Waals surface area (Å²) in [5.41, 5.74) is 9.14. The molecule has 7 aromatic carbocycles. The zero-order chi connectivity index (χ0) is 41.3. The first-order chi connectivity index (χ1) is 28.4. The van der Waals surface area contributed by atoms with Gasteiger partial charge >= 0.3 is 0 Å². The number of aromatic nitrogens is 3. The molecule has 0 spiro atoms. The van der Waals surface area contributed by atoms with Crippen LogP contribution in [0.25, 0.3) is 89.5 Å². The van der Waals surface area contributed by atoms with Gasteiger partial charge in [-0.3, -0.25) is 0 Å². The van der Waals surface area contributed by atoms with Gasteiger partial charge in [0.1, 0.15) is 89.6 Å². The first kappa shape index (κ1) is 38.5. The Hall–Kier alpha value is -6.00. The predicted octanol–water partition coefficient (Wildman–Crippen LogP) is -0.289. The van der Waals surface area contributed by atoms with Crippen LogP contribution in [0.3, 0.4) is 0 Å². The summed E-state index contributed by atoms with van der Waals surface area (Å²) in [6.07, 6.45) is 0. The van der Waals surface area contributed by atoms with Crippen LogP contribution in [0.5, 0.6) is 0 Å². The Bertz CT molecular complexity index is 3010. The van der Waals surface area contributed by atoms with Crippen molar-refractivity contribution in [3.05, 3.63) is 115 Å². The molecule has 0 aliphatic heterocycles. The van der Waals surface area contributed by atoms with Gasteiger partial charge in [-0.1, -0.05) is 107 Å². The fraction of sp³-hybridized carbons (Fsp3) is 0. The summed E-state index contributed by atoms with van der Waals surface area (Å²) in [7, 11) is 63.0. The lowest BCUT2D eigenvalue weighted by atomic mass is 9.60. The van der Waals surface area contributed by atoms with Crippen LogP contribution in [0.2, 0.25) is 0 Å². The molecule has 0 saturated carbocycles. The number of rotatable bonds is 6. The minimum Gasteiger partial charge on any atom is -0.456 e. The number of nitrogens with zero attached hydrogens (tertiary/aromatic N) is 3. The highest BCUT2D eigenvalue weighted by atomic mass is 16.3. The van der Waals surface area contributed by atoms with Crippen LogP contribution >= 0.6 is 0 Å². The first-order valence-electron chi connectivity index (χ1n) is 18.4. The molecule has 0 aliphatic rings. The Morgan fingerprint density at radius 1 is 0.288 bits per heavy atom. The highest BCUT2D eigenvalue weighted by Crippen LogP contribution is 2.35. The zero-order valence-electron chi connectivity index (χ0n) is 31.5. The molecule has 4 nitrogen and oxygen atoms in total. The van der Waals surface area contributed by atoms with E-state index in [2.05, 4.69) is 71.7 Å². The van der Waals surface area contributed by atoms with Gasteiger partial charge in [0.25, 0.3) is 0 Å². The van der Waals surface area contributed by atoms with E-state index in [-0.39, 0.29) is 83.2 Å². The van der Waals surface area contributed by atoms with Crippen molar-refractivity contribution in [1.82, 2.24) is 15.0 Å². The summed E-state index contributed by atoms with van der Waals surface area (Å²) in [5, 5.41) is 1.71. The van der Waals surface area contributed by atoms with Gasteiger partial charge < -0.3 is 4.42 Å². The predicted molar refractivity (Wildman–Crippen MR) is 254 cm³/mol. The van der Waals surface area contributed by atoms with E-state index in [9.17, 15) is 0 Å². The number of furan rings is 1. The Labute approximate surface area is 355 Å². The van der Waals surface area contributed by atoms with Crippen LogP contribution in [-0.4, -0.2) is 93.4 Å². The Morgan fingerprint density at radius 3 is 1.14 bits per heavy atom. The topological polar surface area (TPSA) is 51.8 Å². The van der Waals surface area contributed by atoms with E-state index in [1.54, 1.807) is 0 Å². The van der Waals surface area contributed by atoms with Crippen molar-refractivity contribution in [2.75, 3.05) is 0 Å². The lowest BCUT2D eigenvalue weighted by Crippen LogP contribution is -2.55. The normalized spacial score (nSPS) is 11.4. The van der Waals surface area contributed by atoms with Crippen molar-refractivity contribution in [2.24, 2.45) is 0 Å². The van der Waals surface area contributed by atoms with Crippen LogP contribution in [0.1, 0.15) is 0 Å². The average molecular weight is 726 g/mol. The second-order valence-corrected chi connectivity index (χ2v) is 14.2. The molecule has 0 N–H and O–H groups in total. The molecule has 250 valence electrons. The maximum Gasteiger partial charge on any atom is 0.164 e. The molecule has 9 rings (SSSR count). The fourth-order valence-corrected chi connectivity index (χ4v) is 7.35. The fourth-order valence-electron chi connectivity index (χ4n) is 7.35. The number of fused-ring (bicyclic) bond motifs is 3. The minimum absolute atomic E-state index is 0.0168. The highest BCUT2D eigenvalue weighted by Gasteiger charge is 2.22. The van der Waals surface area contributed by atoms with Gasteiger partial charge in [-0.05, 0) is 63.7 Å². The molecule has 14 heteroatoms. The van der Waals surface area contributed by atoms with Gasteiger partial charge in [0.15, 0.2) is 17.5 Å². The Kier molecular flexibility index (Phi) is 9.78. The third kappa shape index (κ3) is 6.63. The molecule has 0 fully saturated rings. The summed E-state index contributed by atoms with van der Waals surface area (Å²) < 4.78 is 6.37. The van der Waals surface area contributed by atoms with E-state index in [0.717, 1.165) is 33.0 Å². The lowest BCUT2D eigenvalue weighted by molar-refractivity contribution is 0.669. The molecule has 2 aromatic heterocycles. The average Bonchev–Trinajstić information content (AvgIpc) is 3.64. The number of hydrogen-bond acceptors (Lipinski definition) is 4. The van der Waals surface area contributed by atoms with E-state index < -0.39 is 0 Å². The molecule has 59 heavy (non-hydrogen) atoms. The van der Waals surface area contributed by atoms with Crippen LogP contribution in [0.15, 0.2) is 120 Å². The summed E-state index contributed by atoms with van der Waals surface area (Å²) in [6.45, 7) is 0. The first-order valence-corrected chi connectivity index (χ1v) is 18.4. The summed E-state index contributed by atoms with van der Waals surface area (Å²) >= 11 is 0. The quantitative estimate of drug-likeness (QED) is 0.222. The number of hydrogen-bond donors (Lipinski definition) is 0. The minimum atomic E-state index is 0.0168. The van der Waals surface area contributed by atoms with Gasteiger partial charge in [-0.15, -0.1) is 32.8 Å². The molecule has 0 bridgehead atoms. The monoisotopic (exact) mass is 727 g/mol. The Morgan fingerprint density at radius 2 is 0.661 bits per heavy atom. The molecular formula is C45H19B10N3O. The summed E-state index contributed by atoms with van der Waals surface area (Å²) in [4.78, 5) is 14.3. The maximum atomic E-state index is 6.47. The van der Waals surface area contributed by atoms with Crippen molar-refractivity contribution >= 4 is 155 Å². The van der Waals surface area contributed by atoms with E-state index in [0.29, 0.717) is 16.7 Å². The summed E-state index contributed by atoms with van der Waals surface area (Å²) in [6, 6.07) is 39.1. The van der Waals surface area contributed by atoms with Crippen LogP contribution in [0.4, 0.5) is 0 Å².